The molecule has 0 aliphatic carbocycles. The van der Waals surface area contributed by atoms with Gasteiger partial charge in [0.25, 0.3) is 0 Å². The smallest absolute Gasteiger partial charge is 0.336 e. The first-order chi connectivity index (χ1) is 17.0. The fourth-order valence-corrected chi connectivity index (χ4v) is 5.21. The van der Waals surface area contributed by atoms with Gasteiger partial charge in [0.15, 0.2) is 5.16 Å². The first-order valence-electron chi connectivity index (χ1n) is 10.9. The molecule has 182 valence electrons. The number of aromatic nitrogens is 2. The van der Waals surface area contributed by atoms with Crippen molar-refractivity contribution >= 4 is 52.0 Å². The van der Waals surface area contributed by atoms with Crippen molar-refractivity contribution in [1.82, 2.24) is 9.97 Å². The molecule has 0 fully saturated rings. The van der Waals surface area contributed by atoms with Crippen LogP contribution < -0.4 is 0 Å². The number of hydrogen-bond donors (Lipinski definition) is 1. The Morgan fingerprint density at radius 2 is 1.91 bits per heavy atom. The van der Waals surface area contributed by atoms with Crippen molar-refractivity contribution in [3.8, 4) is 0 Å². The molecule has 1 aromatic heterocycles. The van der Waals surface area contributed by atoms with Gasteiger partial charge in [-0.15, -0.1) is 0 Å². The molecule has 2 heterocycles. The molecule has 10 heteroatoms. The van der Waals surface area contributed by atoms with Crippen LogP contribution in [-0.4, -0.2) is 53.8 Å². The summed E-state index contributed by atoms with van der Waals surface area (Å²) < 4.78 is 24.6. The molecule has 2 unspecified atom stereocenters. The summed E-state index contributed by atoms with van der Waals surface area (Å²) in [6.07, 6.45) is 0. The van der Waals surface area contributed by atoms with E-state index in [9.17, 15) is 14.0 Å². The maximum atomic E-state index is 14.2. The number of methoxy groups -OCH3 is 1. The van der Waals surface area contributed by atoms with Crippen LogP contribution in [0.4, 0.5) is 4.39 Å². The van der Waals surface area contributed by atoms with E-state index in [1.165, 1.54) is 18.9 Å². The summed E-state index contributed by atoms with van der Waals surface area (Å²) in [5.74, 6) is -3.26. The standard InChI is InChI=1S/C25H23ClFN3O4S/c1-3-34-24(32)22-19(13-35-25-29-16-10-6-7-11-17(16)30-25)28-18(12-27)21(23(31)33-2)20(22)14-8-4-5-9-15(14)26/h4-11,20-21H,3,12-13H2,1-2H3,(H,29,30). The number of alkyl halides is 1. The Kier molecular flexibility index (Phi) is 7.87. The Bertz CT molecular complexity index is 1290. The summed E-state index contributed by atoms with van der Waals surface area (Å²) in [5.41, 5.74) is 2.56. The molecular weight excluding hydrogens is 493 g/mol. The van der Waals surface area contributed by atoms with Gasteiger partial charge in [0.05, 0.1) is 41.7 Å². The second-order valence-corrected chi connectivity index (χ2v) is 9.04. The van der Waals surface area contributed by atoms with E-state index in [1.54, 1.807) is 31.2 Å². The lowest BCUT2D eigenvalue weighted by molar-refractivity contribution is -0.144. The lowest BCUT2D eigenvalue weighted by Crippen LogP contribution is -2.38. The number of fused-ring (bicyclic) bond motifs is 1. The number of nitrogens with one attached hydrogen (secondary N) is 1. The highest BCUT2D eigenvalue weighted by Crippen LogP contribution is 2.43. The third-order valence-electron chi connectivity index (χ3n) is 5.63. The average Bonchev–Trinajstić information content (AvgIpc) is 3.29. The quantitative estimate of drug-likeness (QED) is 0.330. The summed E-state index contributed by atoms with van der Waals surface area (Å²) >= 11 is 7.80. The number of imidazole rings is 1. The van der Waals surface area contributed by atoms with Crippen molar-refractivity contribution in [2.24, 2.45) is 10.9 Å². The van der Waals surface area contributed by atoms with Crippen molar-refractivity contribution in [3.63, 3.8) is 0 Å². The van der Waals surface area contributed by atoms with Crippen molar-refractivity contribution in [1.29, 1.82) is 0 Å². The van der Waals surface area contributed by atoms with Crippen LogP contribution in [-0.2, 0) is 19.1 Å². The first-order valence-corrected chi connectivity index (χ1v) is 12.3. The van der Waals surface area contributed by atoms with Crippen LogP contribution in [0.5, 0.6) is 0 Å². The van der Waals surface area contributed by atoms with Gasteiger partial charge in [-0.1, -0.05) is 53.7 Å². The second kappa shape index (κ2) is 11.0. The molecule has 1 aliphatic rings. The minimum absolute atomic E-state index is 0.0324. The van der Waals surface area contributed by atoms with Crippen LogP contribution >= 0.6 is 23.4 Å². The van der Waals surface area contributed by atoms with E-state index in [0.717, 1.165) is 11.0 Å². The molecule has 4 rings (SSSR count). The molecule has 0 amide bonds. The lowest BCUT2D eigenvalue weighted by atomic mass is 9.75. The van der Waals surface area contributed by atoms with Gasteiger partial charge >= 0.3 is 11.9 Å². The molecule has 0 spiro atoms. The third kappa shape index (κ3) is 5.11. The number of hydrogen-bond acceptors (Lipinski definition) is 7. The Morgan fingerprint density at radius 3 is 2.60 bits per heavy atom. The average molecular weight is 516 g/mol. The second-order valence-electron chi connectivity index (χ2n) is 7.67. The van der Waals surface area contributed by atoms with E-state index in [1.807, 2.05) is 24.3 Å². The number of thioether (sulfide) groups is 1. The zero-order valence-electron chi connectivity index (χ0n) is 19.1. The number of aliphatic imine (C=N–C) groups is 1. The molecule has 1 aliphatic heterocycles. The maximum Gasteiger partial charge on any atom is 0.336 e. The number of ether oxygens (including phenoxy) is 2. The summed E-state index contributed by atoms with van der Waals surface area (Å²) in [7, 11) is 1.21. The number of esters is 2. The van der Waals surface area contributed by atoms with E-state index in [2.05, 4.69) is 15.0 Å². The first kappa shape index (κ1) is 24.9. The zero-order valence-corrected chi connectivity index (χ0v) is 20.7. The van der Waals surface area contributed by atoms with Crippen molar-refractivity contribution in [2.45, 2.75) is 18.0 Å². The van der Waals surface area contributed by atoms with Gasteiger partial charge in [0.2, 0.25) is 0 Å². The number of H-pyrrole nitrogens is 1. The van der Waals surface area contributed by atoms with Crippen LogP contribution in [0.25, 0.3) is 11.0 Å². The normalized spacial score (nSPS) is 17.9. The van der Waals surface area contributed by atoms with Gasteiger partial charge in [-0.3, -0.25) is 9.79 Å². The van der Waals surface area contributed by atoms with Gasteiger partial charge < -0.3 is 14.5 Å². The van der Waals surface area contributed by atoms with Crippen LogP contribution in [0.15, 0.2) is 69.9 Å². The largest absolute Gasteiger partial charge is 0.468 e. The summed E-state index contributed by atoms with van der Waals surface area (Å²) in [6.45, 7) is 0.808. The van der Waals surface area contributed by atoms with Gasteiger partial charge in [0, 0.05) is 16.7 Å². The Labute approximate surface area is 210 Å². The van der Waals surface area contributed by atoms with Gasteiger partial charge in [-0.05, 0) is 30.7 Å². The molecule has 3 aromatic rings. The van der Waals surface area contributed by atoms with Gasteiger partial charge in [-0.25, -0.2) is 14.2 Å². The Balaban J connectivity index is 1.83. The fourth-order valence-electron chi connectivity index (χ4n) is 4.11. The number of benzene rings is 2. The van der Waals surface area contributed by atoms with Crippen LogP contribution in [0.3, 0.4) is 0 Å². The SMILES string of the molecule is CCOC(=O)C1=C(CSc2nc3ccccc3[nH]2)N=C(CF)C(C(=O)OC)C1c1ccccc1Cl. The molecular formula is C25H23ClFN3O4S. The number of rotatable bonds is 8. The minimum atomic E-state index is -1.16. The molecule has 2 aromatic carbocycles. The topological polar surface area (TPSA) is 93.6 Å². The minimum Gasteiger partial charge on any atom is -0.468 e. The number of carbonyl (C=O) groups is 2. The van der Waals surface area contributed by atoms with E-state index in [-0.39, 0.29) is 23.6 Å². The number of halogens is 2. The van der Waals surface area contributed by atoms with Gasteiger partial charge in [0.1, 0.15) is 12.6 Å². The summed E-state index contributed by atoms with van der Waals surface area (Å²) in [4.78, 5) is 38.2. The molecule has 35 heavy (non-hydrogen) atoms. The zero-order chi connectivity index (χ0) is 24.9. The number of nitrogens with zero attached hydrogens (tertiary/aromatic N) is 2. The summed E-state index contributed by atoms with van der Waals surface area (Å²) in [5, 5.41) is 0.945. The fraction of sp³-hybridized carbons (Fsp3) is 0.280. The van der Waals surface area contributed by atoms with Crippen molar-refractivity contribution in [3.05, 3.63) is 70.4 Å². The van der Waals surface area contributed by atoms with Crippen molar-refractivity contribution in [2.75, 3.05) is 26.1 Å². The number of aromatic amines is 1. The van der Waals surface area contributed by atoms with Gasteiger partial charge in [-0.2, -0.15) is 0 Å². The highest BCUT2D eigenvalue weighted by atomic mass is 35.5. The molecule has 0 bridgehead atoms. The molecule has 0 saturated heterocycles. The molecule has 7 nitrogen and oxygen atoms in total. The predicted molar refractivity (Wildman–Crippen MR) is 134 cm³/mol. The molecule has 2 atom stereocenters. The van der Waals surface area contributed by atoms with E-state index < -0.39 is 30.4 Å². The Morgan fingerprint density at radius 1 is 1.17 bits per heavy atom. The third-order valence-corrected chi connectivity index (χ3v) is 6.86. The summed E-state index contributed by atoms with van der Waals surface area (Å²) in [6, 6.07) is 14.4. The van der Waals surface area contributed by atoms with E-state index in [4.69, 9.17) is 21.1 Å². The lowest BCUT2D eigenvalue weighted by Gasteiger charge is -2.32. The number of carbonyl (C=O) groups excluding carboxylic acids is 2. The highest BCUT2D eigenvalue weighted by Gasteiger charge is 2.45. The molecule has 1 N–H and O–H groups in total. The van der Waals surface area contributed by atoms with Crippen LogP contribution in [0, 0.1) is 5.92 Å². The van der Waals surface area contributed by atoms with Crippen LogP contribution in [0.1, 0.15) is 18.4 Å². The van der Waals surface area contributed by atoms with E-state index in [0.29, 0.717) is 21.4 Å². The molecule has 0 saturated carbocycles. The predicted octanol–water partition coefficient (Wildman–Crippen LogP) is 5.12. The highest BCUT2D eigenvalue weighted by molar-refractivity contribution is 7.99. The number of para-hydroxylation sites is 2. The maximum absolute atomic E-state index is 14.2. The monoisotopic (exact) mass is 515 g/mol. The molecule has 0 radical (unpaired) electrons. The van der Waals surface area contributed by atoms with Crippen molar-refractivity contribution < 1.29 is 23.5 Å². The van der Waals surface area contributed by atoms with E-state index >= 15 is 0 Å². The van der Waals surface area contributed by atoms with Crippen LogP contribution in [0.2, 0.25) is 5.02 Å². The Hall–Kier alpha value is -3.17.